The van der Waals surface area contributed by atoms with E-state index in [-0.39, 0.29) is 11.4 Å². The monoisotopic (exact) mass is 480 g/mol. The van der Waals surface area contributed by atoms with E-state index in [9.17, 15) is 13.2 Å². The molecule has 1 N–H and O–H groups in total. The van der Waals surface area contributed by atoms with E-state index in [0.717, 1.165) is 16.7 Å². The van der Waals surface area contributed by atoms with Crippen molar-refractivity contribution in [2.75, 3.05) is 25.7 Å². The summed E-state index contributed by atoms with van der Waals surface area (Å²) in [4.78, 5) is 16.1. The number of H-pyrrole nitrogens is 1. The summed E-state index contributed by atoms with van der Waals surface area (Å²) in [6.45, 7) is 4.32. The summed E-state index contributed by atoms with van der Waals surface area (Å²) in [6.07, 6.45) is 1.17. The van der Waals surface area contributed by atoms with Crippen LogP contribution < -0.4 is 15.2 Å². The molecular formula is C26H28N2O5S. The first-order valence-electron chi connectivity index (χ1n) is 11.0. The highest BCUT2D eigenvalue weighted by Crippen LogP contribution is 2.33. The molecule has 1 aromatic heterocycles. The maximum atomic E-state index is 13.1. The van der Waals surface area contributed by atoms with E-state index >= 15 is 0 Å². The number of hydrogen-bond donors (Lipinski definition) is 1. The topological polar surface area (TPSA) is 90.4 Å². The Bertz CT molecular complexity index is 1500. The Morgan fingerprint density at radius 1 is 1.03 bits per heavy atom. The fourth-order valence-electron chi connectivity index (χ4n) is 4.28. The van der Waals surface area contributed by atoms with Crippen LogP contribution in [0.2, 0.25) is 0 Å². The number of aryl methyl sites for hydroxylation is 1. The van der Waals surface area contributed by atoms with E-state index in [1.807, 2.05) is 56.3 Å². The molecule has 3 aromatic carbocycles. The zero-order valence-corrected chi connectivity index (χ0v) is 20.5. The minimum atomic E-state index is -3.43. The van der Waals surface area contributed by atoms with Gasteiger partial charge in [0.25, 0.3) is 0 Å². The third-order valence-electron chi connectivity index (χ3n) is 5.82. The van der Waals surface area contributed by atoms with E-state index in [1.54, 1.807) is 25.3 Å². The lowest BCUT2D eigenvalue weighted by Crippen LogP contribution is -2.28. The molecule has 0 spiro atoms. The van der Waals surface area contributed by atoms with Gasteiger partial charge in [0.05, 0.1) is 36.5 Å². The average Bonchev–Trinajstić information content (AvgIpc) is 3.12. The van der Waals surface area contributed by atoms with Gasteiger partial charge in [-0.2, -0.15) is 0 Å². The highest BCUT2D eigenvalue weighted by atomic mass is 32.2. The SMILES string of the molecule is CCOc1cc(C(CS(C)(=O)=O)n2c(=O)[nH]c3cc(-c4ccccc4C)ccc32)ccc1OC. The molecule has 4 aromatic rings. The first kappa shape index (κ1) is 23.6. The summed E-state index contributed by atoms with van der Waals surface area (Å²) >= 11 is 0. The molecule has 34 heavy (non-hydrogen) atoms. The van der Waals surface area contributed by atoms with E-state index in [2.05, 4.69) is 4.98 Å². The lowest BCUT2D eigenvalue weighted by atomic mass is 10.0. The average molecular weight is 481 g/mol. The minimum absolute atomic E-state index is 0.239. The van der Waals surface area contributed by atoms with Gasteiger partial charge in [-0.15, -0.1) is 0 Å². The van der Waals surface area contributed by atoms with Crippen molar-refractivity contribution in [1.29, 1.82) is 0 Å². The van der Waals surface area contributed by atoms with Crippen molar-refractivity contribution in [1.82, 2.24) is 9.55 Å². The molecule has 4 rings (SSSR count). The molecule has 0 aliphatic heterocycles. The van der Waals surface area contributed by atoms with Crippen molar-refractivity contribution >= 4 is 20.9 Å². The number of benzene rings is 3. The summed E-state index contributed by atoms with van der Waals surface area (Å²) in [5.41, 5.74) is 4.71. The fourth-order valence-corrected chi connectivity index (χ4v) is 5.20. The third kappa shape index (κ3) is 4.72. The second-order valence-electron chi connectivity index (χ2n) is 8.30. The van der Waals surface area contributed by atoms with Crippen LogP contribution in [-0.4, -0.2) is 43.7 Å². The number of methoxy groups -OCH3 is 1. The van der Waals surface area contributed by atoms with E-state index in [1.165, 1.54) is 10.8 Å². The largest absolute Gasteiger partial charge is 0.493 e. The fraction of sp³-hybridized carbons (Fsp3) is 0.269. The number of rotatable bonds is 8. The van der Waals surface area contributed by atoms with E-state index in [4.69, 9.17) is 9.47 Å². The summed E-state index contributed by atoms with van der Waals surface area (Å²) in [5, 5.41) is 0. The molecule has 0 aliphatic rings. The number of nitrogens with one attached hydrogen (secondary N) is 1. The van der Waals surface area contributed by atoms with Crippen LogP contribution in [0.15, 0.2) is 65.5 Å². The molecule has 178 valence electrons. The third-order valence-corrected chi connectivity index (χ3v) is 6.74. The molecule has 1 heterocycles. The van der Waals surface area contributed by atoms with Crippen LogP contribution in [-0.2, 0) is 9.84 Å². The van der Waals surface area contributed by atoms with Crippen molar-refractivity contribution < 1.29 is 17.9 Å². The first-order valence-corrected chi connectivity index (χ1v) is 13.1. The van der Waals surface area contributed by atoms with Crippen molar-refractivity contribution in [2.24, 2.45) is 0 Å². The van der Waals surface area contributed by atoms with Crippen LogP contribution in [0.3, 0.4) is 0 Å². The smallest absolute Gasteiger partial charge is 0.327 e. The number of aromatic nitrogens is 2. The second-order valence-corrected chi connectivity index (χ2v) is 10.5. The van der Waals surface area contributed by atoms with Crippen LogP contribution >= 0.6 is 0 Å². The van der Waals surface area contributed by atoms with Crippen molar-refractivity contribution in [3.63, 3.8) is 0 Å². The predicted octanol–water partition coefficient (Wildman–Crippen LogP) is 4.35. The molecule has 8 heteroatoms. The first-order chi connectivity index (χ1) is 16.2. The lowest BCUT2D eigenvalue weighted by molar-refractivity contribution is 0.310. The van der Waals surface area contributed by atoms with Gasteiger partial charge in [0, 0.05) is 6.26 Å². The molecule has 0 saturated carbocycles. The zero-order valence-electron chi connectivity index (χ0n) is 19.7. The van der Waals surface area contributed by atoms with Gasteiger partial charge in [-0.25, -0.2) is 13.2 Å². The molecule has 1 unspecified atom stereocenters. The standard InChI is InChI=1S/C26H28N2O5S/c1-5-33-25-15-19(11-13-24(25)32-3)23(16-34(4,30)31)28-22-12-10-18(14-21(22)27-26(28)29)20-9-7-6-8-17(20)2/h6-15,23H,5,16H2,1-4H3,(H,27,29). The van der Waals surface area contributed by atoms with Gasteiger partial charge >= 0.3 is 5.69 Å². The summed E-state index contributed by atoms with van der Waals surface area (Å²) in [7, 11) is -1.88. The Labute approximate surface area is 198 Å². The number of sulfone groups is 1. The number of ether oxygens (including phenoxy) is 2. The molecule has 0 fully saturated rings. The molecule has 0 radical (unpaired) electrons. The van der Waals surface area contributed by atoms with E-state index < -0.39 is 15.9 Å². The Morgan fingerprint density at radius 3 is 2.47 bits per heavy atom. The Balaban J connectivity index is 1.89. The maximum Gasteiger partial charge on any atom is 0.327 e. The van der Waals surface area contributed by atoms with Gasteiger partial charge in [-0.05, 0) is 60.4 Å². The van der Waals surface area contributed by atoms with Crippen LogP contribution in [0.1, 0.15) is 24.1 Å². The van der Waals surface area contributed by atoms with Gasteiger partial charge in [0.2, 0.25) is 0 Å². The highest BCUT2D eigenvalue weighted by molar-refractivity contribution is 7.90. The molecule has 0 aliphatic carbocycles. The molecule has 7 nitrogen and oxygen atoms in total. The van der Waals surface area contributed by atoms with Crippen LogP contribution in [0.25, 0.3) is 22.2 Å². The van der Waals surface area contributed by atoms with Crippen molar-refractivity contribution in [3.05, 3.63) is 82.3 Å². The minimum Gasteiger partial charge on any atom is -0.493 e. The van der Waals surface area contributed by atoms with Gasteiger partial charge in [-0.1, -0.05) is 36.4 Å². The van der Waals surface area contributed by atoms with Gasteiger partial charge in [0.1, 0.15) is 9.84 Å². The van der Waals surface area contributed by atoms with Crippen molar-refractivity contribution in [3.8, 4) is 22.6 Å². The summed E-state index contributed by atoms with van der Waals surface area (Å²) in [6, 6.07) is 18.3. The van der Waals surface area contributed by atoms with E-state index in [0.29, 0.717) is 34.7 Å². The van der Waals surface area contributed by atoms with Gasteiger partial charge in [-0.3, -0.25) is 4.57 Å². The number of fused-ring (bicyclic) bond motifs is 1. The molecular weight excluding hydrogens is 452 g/mol. The number of nitrogens with zero attached hydrogens (tertiary/aromatic N) is 1. The summed E-state index contributed by atoms with van der Waals surface area (Å²) in [5.74, 6) is 0.797. The van der Waals surface area contributed by atoms with Crippen LogP contribution in [0.4, 0.5) is 0 Å². The van der Waals surface area contributed by atoms with Crippen LogP contribution in [0, 0.1) is 6.92 Å². The number of aromatic amines is 1. The second kappa shape index (κ2) is 9.38. The van der Waals surface area contributed by atoms with Crippen LogP contribution in [0.5, 0.6) is 11.5 Å². The Morgan fingerprint density at radius 2 is 1.79 bits per heavy atom. The number of imidazole rings is 1. The summed E-state index contributed by atoms with van der Waals surface area (Å²) < 4.78 is 37.3. The molecule has 0 amide bonds. The predicted molar refractivity (Wildman–Crippen MR) is 135 cm³/mol. The highest BCUT2D eigenvalue weighted by Gasteiger charge is 2.25. The molecule has 1 atom stereocenters. The Hall–Kier alpha value is -3.52. The normalized spacial score (nSPS) is 12.6. The quantitative estimate of drug-likeness (QED) is 0.405. The molecule has 0 saturated heterocycles. The lowest BCUT2D eigenvalue weighted by Gasteiger charge is -2.20. The van der Waals surface area contributed by atoms with Crippen molar-refractivity contribution in [2.45, 2.75) is 19.9 Å². The Kier molecular flexibility index (Phi) is 6.52. The number of hydrogen-bond acceptors (Lipinski definition) is 5. The maximum absolute atomic E-state index is 13.1. The zero-order chi connectivity index (χ0) is 24.5. The molecule has 0 bridgehead atoms. The van der Waals surface area contributed by atoms with Gasteiger partial charge < -0.3 is 14.5 Å². The van der Waals surface area contributed by atoms with Gasteiger partial charge in [0.15, 0.2) is 11.5 Å².